The minimum Gasteiger partial charge on any atom is -0.404 e. The van der Waals surface area contributed by atoms with Gasteiger partial charge in [0, 0.05) is 19.5 Å². The molecule has 0 unspecified atom stereocenters. The Morgan fingerprint density at radius 2 is 2.20 bits per heavy atom. The first-order chi connectivity index (χ1) is 4.52. The topological polar surface area (TPSA) is 78.8 Å². The molecule has 0 spiro atoms. The van der Waals surface area contributed by atoms with Gasteiger partial charge in [-0.1, -0.05) is 11.6 Å². The van der Waals surface area contributed by atoms with Crippen LogP contribution in [0.5, 0.6) is 0 Å². The van der Waals surface area contributed by atoms with Crippen molar-refractivity contribution in [2.75, 3.05) is 7.05 Å². The van der Waals surface area contributed by atoms with Crippen LogP contribution in [0.15, 0.2) is 16.8 Å². The molecule has 10 heavy (non-hydrogen) atoms. The molecule has 0 heterocycles. The highest BCUT2D eigenvalue weighted by Crippen LogP contribution is 2.14. The fourth-order valence-electron chi connectivity index (χ4n) is 0.370. The Labute approximate surface area is 63.6 Å². The first-order valence-electron chi connectivity index (χ1n) is 2.50. The van der Waals surface area contributed by atoms with E-state index in [1.165, 1.54) is 7.05 Å². The fourth-order valence-corrected chi connectivity index (χ4v) is 0.482. The molecule has 0 amide bonds. The average Bonchev–Trinajstić information content (AvgIpc) is 1.80. The molecule has 0 aliphatic carbocycles. The highest BCUT2D eigenvalue weighted by Gasteiger charge is 2.22. The molecule has 0 bridgehead atoms. The summed E-state index contributed by atoms with van der Waals surface area (Å²) in [5, 5.41) is 15.0. The Bertz CT molecular complexity index is 160. The van der Waals surface area contributed by atoms with Crippen LogP contribution in [0.4, 0.5) is 0 Å². The van der Waals surface area contributed by atoms with Gasteiger partial charge in [-0.2, -0.15) is 0 Å². The minimum atomic E-state index is -2.42. The van der Waals surface area contributed by atoms with Crippen LogP contribution in [-0.2, 0) is 0 Å². The van der Waals surface area contributed by atoms with Gasteiger partial charge in [-0.05, 0) is 0 Å². The van der Waals surface area contributed by atoms with Gasteiger partial charge in [0.15, 0.2) is 0 Å². The van der Waals surface area contributed by atoms with E-state index in [1.807, 2.05) is 0 Å². The van der Waals surface area contributed by atoms with E-state index < -0.39 is 5.25 Å². The summed E-state index contributed by atoms with van der Waals surface area (Å²) in [4.78, 5) is 3.50. The standard InChI is InChI=1S/C5H9ClN2O2/c1-8-3-4(2-7)5(6,9)10/h2-3,9-10H,7H2,1H3/b4-2+,8-3?. The fraction of sp³-hybridized carbons (Fsp3) is 0.400. The number of hydrogen-bond acceptors (Lipinski definition) is 4. The van der Waals surface area contributed by atoms with Crippen molar-refractivity contribution >= 4 is 17.8 Å². The van der Waals surface area contributed by atoms with Gasteiger partial charge in [0.05, 0.1) is 5.57 Å². The zero-order valence-electron chi connectivity index (χ0n) is 5.45. The summed E-state index contributed by atoms with van der Waals surface area (Å²) in [7, 11) is 1.46. The van der Waals surface area contributed by atoms with Gasteiger partial charge in [0.1, 0.15) is 0 Å². The van der Waals surface area contributed by atoms with Crippen LogP contribution >= 0.6 is 11.6 Å². The van der Waals surface area contributed by atoms with Crippen LogP contribution in [0.1, 0.15) is 0 Å². The molecule has 0 fully saturated rings. The van der Waals surface area contributed by atoms with Gasteiger partial charge in [-0.15, -0.1) is 0 Å². The highest BCUT2D eigenvalue weighted by molar-refractivity contribution is 6.25. The van der Waals surface area contributed by atoms with Crippen molar-refractivity contribution in [3.8, 4) is 0 Å². The molecular formula is C5H9ClN2O2. The summed E-state index contributed by atoms with van der Waals surface area (Å²) in [6.45, 7) is 0. The molecule has 0 aromatic rings. The predicted molar refractivity (Wildman–Crippen MR) is 39.7 cm³/mol. The monoisotopic (exact) mass is 164 g/mol. The summed E-state index contributed by atoms with van der Waals surface area (Å²) >= 11 is 5.05. The second-order valence-electron chi connectivity index (χ2n) is 1.60. The molecule has 0 rings (SSSR count). The summed E-state index contributed by atoms with van der Waals surface area (Å²) in [6, 6.07) is 0. The van der Waals surface area contributed by atoms with Crippen LogP contribution < -0.4 is 5.73 Å². The normalized spacial score (nSPS) is 14.6. The molecule has 0 atom stereocenters. The molecule has 0 aromatic heterocycles. The number of nitrogens with two attached hydrogens (primary N) is 1. The summed E-state index contributed by atoms with van der Waals surface area (Å²) in [6.07, 6.45) is 2.13. The highest BCUT2D eigenvalue weighted by atomic mass is 35.5. The van der Waals surface area contributed by atoms with E-state index in [9.17, 15) is 0 Å². The maximum absolute atomic E-state index is 8.69. The van der Waals surface area contributed by atoms with Crippen molar-refractivity contribution in [1.82, 2.24) is 0 Å². The Kier molecular flexibility index (Phi) is 3.35. The molecule has 0 saturated heterocycles. The molecule has 0 saturated carbocycles. The van der Waals surface area contributed by atoms with E-state index in [0.717, 1.165) is 12.4 Å². The number of rotatable bonds is 2. The van der Waals surface area contributed by atoms with Crippen molar-refractivity contribution in [1.29, 1.82) is 0 Å². The molecule has 5 heteroatoms. The zero-order chi connectivity index (χ0) is 8.20. The molecule has 0 aliphatic heterocycles. The lowest BCUT2D eigenvalue weighted by Gasteiger charge is -2.12. The molecule has 0 radical (unpaired) electrons. The molecule has 4 nitrogen and oxygen atoms in total. The molecule has 0 aliphatic rings. The van der Waals surface area contributed by atoms with E-state index in [2.05, 4.69) is 4.99 Å². The van der Waals surface area contributed by atoms with E-state index >= 15 is 0 Å². The first-order valence-corrected chi connectivity index (χ1v) is 2.88. The van der Waals surface area contributed by atoms with Crippen LogP contribution in [0.3, 0.4) is 0 Å². The second-order valence-corrected chi connectivity index (χ2v) is 2.12. The average molecular weight is 165 g/mol. The van der Waals surface area contributed by atoms with Crippen LogP contribution in [-0.4, -0.2) is 28.7 Å². The van der Waals surface area contributed by atoms with Gasteiger partial charge in [0.2, 0.25) is 0 Å². The van der Waals surface area contributed by atoms with Gasteiger partial charge in [-0.3, -0.25) is 4.99 Å². The SMILES string of the molecule is CN=C/C(=C\N)C(O)(O)Cl. The van der Waals surface area contributed by atoms with E-state index in [4.69, 9.17) is 27.5 Å². The lowest BCUT2D eigenvalue weighted by molar-refractivity contribution is -0.0461. The van der Waals surface area contributed by atoms with Gasteiger partial charge in [0.25, 0.3) is 5.25 Å². The van der Waals surface area contributed by atoms with Gasteiger partial charge < -0.3 is 15.9 Å². The van der Waals surface area contributed by atoms with E-state index in [0.29, 0.717) is 0 Å². The number of aliphatic hydroxyl groups is 2. The number of hydrogen-bond donors (Lipinski definition) is 3. The van der Waals surface area contributed by atoms with Gasteiger partial charge >= 0.3 is 0 Å². The number of alkyl halides is 1. The quantitative estimate of drug-likeness (QED) is 0.290. The third kappa shape index (κ3) is 2.82. The van der Waals surface area contributed by atoms with E-state index in [1.54, 1.807) is 0 Å². The molecular weight excluding hydrogens is 156 g/mol. The maximum Gasteiger partial charge on any atom is 0.274 e. The number of nitrogens with zero attached hydrogens (tertiary/aromatic N) is 1. The summed E-state index contributed by atoms with van der Waals surface area (Å²) in [5.74, 6) is 0. The van der Waals surface area contributed by atoms with Crippen LogP contribution in [0, 0.1) is 0 Å². The predicted octanol–water partition coefficient (Wildman–Crippen LogP) is -0.593. The summed E-state index contributed by atoms with van der Waals surface area (Å²) in [5.41, 5.74) is 4.93. The zero-order valence-corrected chi connectivity index (χ0v) is 6.21. The van der Waals surface area contributed by atoms with Crippen molar-refractivity contribution in [3.63, 3.8) is 0 Å². The van der Waals surface area contributed by atoms with Gasteiger partial charge in [-0.25, -0.2) is 0 Å². The summed E-state index contributed by atoms with van der Waals surface area (Å²) < 4.78 is 0. The van der Waals surface area contributed by atoms with Crippen molar-refractivity contribution < 1.29 is 10.2 Å². The molecule has 4 N–H and O–H groups in total. The molecule has 58 valence electrons. The lowest BCUT2D eigenvalue weighted by Crippen LogP contribution is -2.24. The minimum absolute atomic E-state index is 0.0586. The number of halogens is 1. The van der Waals surface area contributed by atoms with Crippen molar-refractivity contribution in [2.24, 2.45) is 10.7 Å². The maximum atomic E-state index is 8.69. The van der Waals surface area contributed by atoms with Crippen LogP contribution in [0.2, 0.25) is 0 Å². The lowest BCUT2D eigenvalue weighted by atomic mass is 10.3. The first kappa shape index (κ1) is 9.42. The van der Waals surface area contributed by atoms with E-state index in [-0.39, 0.29) is 5.57 Å². The smallest absolute Gasteiger partial charge is 0.274 e. The third-order valence-electron chi connectivity index (χ3n) is 0.815. The van der Waals surface area contributed by atoms with Crippen molar-refractivity contribution in [2.45, 2.75) is 5.25 Å². The third-order valence-corrected chi connectivity index (χ3v) is 1.03. The largest absolute Gasteiger partial charge is 0.404 e. The Hall–Kier alpha value is -0.580. The number of aliphatic imine (C=N–C) groups is 1. The van der Waals surface area contributed by atoms with Crippen LogP contribution in [0.25, 0.3) is 0 Å². The van der Waals surface area contributed by atoms with Crippen molar-refractivity contribution in [3.05, 3.63) is 11.8 Å². The Morgan fingerprint density at radius 3 is 2.30 bits per heavy atom. The Balaban J connectivity index is 4.39. The Morgan fingerprint density at radius 1 is 1.70 bits per heavy atom. The molecule has 0 aromatic carbocycles. The second kappa shape index (κ2) is 3.55.